The first-order valence-corrected chi connectivity index (χ1v) is 10.1. The zero-order valence-electron chi connectivity index (χ0n) is 16.1. The monoisotopic (exact) mass is 408 g/mol. The van der Waals surface area contributed by atoms with Crippen LogP contribution in [-0.4, -0.2) is 10.8 Å². The van der Waals surface area contributed by atoms with E-state index in [-0.39, 0.29) is 17.6 Å². The quantitative estimate of drug-likeness (QED) is 0.558. The highest BCUT2D eigenvalue weighted by Gasteiger charge is 2.29. The van der Waals surface area contributed by atoms with Gasteiger partial charge in [-0.15, -0.1) is 0 Å². The number of aryl methyl sites for hydroxylation is 1. The summed E-state index contributed by atoms with van der Waals surface area (Å²) in [5, 5.41) is 14.3. The lowest BCUT2D eigenvalue weighted by atomic mass is 9.93. The average Bonchev–Trinajstić information content (AvgIpc) is 2.75. The molecular formula is C24H22ClFN2O. The van der Waals surface area contributed by atoms with Gasteiger partial charge in [0.2, 0.25) is 0 Å². The minimum absolute atomic E-state index is 0.154. The second kappa shape index (κ2) is 8.36. The lowest BCUT2D eigenvalue weighted by Crippen LogP contribution is -2.33. The zero-order chi connectivity index (χ0) is 20.4. The van der Waals surface area contributed by atoms with Crippen LogP contribution in [0.2, 0.25) is 5.02 Å². The normalized spacial score (nSPS) is 19.1. The fourth-order valence-electron chi connectivity index (χ4n) is 3.67. The molecule has 3 aromatic carbocycles. The third kappa shape index (κ3) is 4.19. The highest BCUT2D eigenvalue weighted by Crippen LogP contribution is 2.36. The molecule has 2 N–H and O–H groups in total. The number of phenolic OH excluding ortho intramolecular Hbond substituents is 1. The summed E-state index contributed by atoms with van der Waals surface area (Å²) in [5.74, 6) is -0.160. The number of phenols is 1. The number of benzene rings is 3. The van der Waals surface area contributed by atoms with Crippen LogP contribution in [0.5, 0.6) is 5.75 Å². The predicted molar refractivity (Wildman–Crippen MR) is 115 cm³/mol. The molecule has 2 unspecified atom stereocenters. The Labute approximate surface area is 174 Å². The van der Waals surface area contributed by atoms with Crippen molar-refractivity contribution in [1.82, 2.24) is 5.32 Å². The zero-order valence-corrected chi connectivity index (χ0v) is 16.8. The Morgan fingerprint density at radius 1 is 1.07 bits per heavy atom. The second-order valence-electron chi connectivity index (χ2n) is 7.18. The third-order valence-corrected chi connectivity index (χ3v) is 5.54. The molecule has 1 aliphatic rings. The van der Waals surface area contributed by atoms with Gasteiger partial charge in [-0.1, -0.05) is 61.0 Å². The number of nitrogens with zero attached hydrogens (tertiary/aromatic N) is 1. The fourth-order valence-corrected chi connectivity index (χ4v) is 3.85. The van der Waals surface area contributed by atoms with Crippen molar-refractivity contribution in [2.24, 2.45) is 4.99 Å². The molecule has 5 heteroatoms. The summed E-state index contributed by atoms with van der Waals surface area (Å²) in [6, 6.07) is 19.6. The molecule has 1 heterocycles. The third-order valence-electron chi connectivity index (χ3n) is 5.30. The SMILES string of the molecule is CCc1ccc(C2=NC(c3ccccc3F)NC(c3cc(Cl)ccc3O)C2)cc1. The lowest BCUT2D eigenvalue weighted by Gasteiger charge is -2.31. The van der Waals surface area contributed by atoms with Crippen molar-refractivity contribution in [2.75, 3.05) is 0 Å². The number of hydrogen-bond donors (Lipinski definition) is 2. The molecule has 3 aromatic rings. The van der Waals surface area contributed by atoms with E-state index in [9.17, 15) is 9.50 Å². The lowest BCUT2D eigenvalue weighted by molar-refractivity contribution is 0.405. The summed E-state index contributed by atoms with van der Waals surface area (Å²) in [7, 11) is 0. The van der Waals surface area contributed by atoms with E-state index >= 15 is 0 Å². The van der Waals surface area contributed by atoms with Crippen molar-refractivity contribution in [1.29, 1.82) is 0 Å². The Morgan fingerprint density at radius 3 is 2.55 bits per heavy atom. The van der Waals surface area contributed by atoms with Gasteiger partial charge >= 0.3 is 0 Å². The molecule has 0 aromatic heterocycles. The van der Waals surface area contributed by atoms with Crippen molar-refractivity contribution in [2.45, 2.75) is 32.0 Å². The molecule has 0 spiro atoms. The maximum absolute atomic E-state index is 14.5. The van der Waals surface area contributed by atoms with Crippen molar-refractivity contribution < 1.29 is 9.50 Å². The van der Waals surface area contributed by atoms with Crippen LogP contribution in [0.1, 0.15) is 47.8 Å². The van der Waals surface area contributed by atoms with E-state index in [0.717, 1.165) is 17.7 Å². The van der Waals surface area contributed by atoms with Gasteiger partial charge < -0.3 is 5.11 Å². The van der Waals surface area contributed by atoms with Gasteiger partial charge in [-0.05, 0) is 41.8 Å². The summed E-state index contributed by atoms with van der Waals surface area (Å²) in [6.07, 6.45) is 0.962. The first kappa shape index (κ1) is 19.6. The van der Waals surface area contributed by atoms with E-state index in [1.807, 2.05) is 0 Å². The molecule has 0 bridgehead atoms. The second-order valence-corrected chi connectivity index (χ2v) is 7.61. The molecule has 0 saturated heterocycles. The molecule has 3 nitrogen and oxygen atoms in total. The van der Waals surface area contributed by atoms with Gasteiger partial charge in [-0.2, -0.15) is 0 Å². The summed E-state index contributed by atoms with van der Waals surface area (Å²) < 4.78 is 14.5. The van der Waals surface area contributed by atoms with Gasteiger partial charge in [-0.3, -0.25) is 10.3 Å². The van der Waals surface area contributed by atoms with Gasteiger partial charge in [0, 0.05) is 34.3 Å². The minimum atomic E-state index is -0.561. The van der Waals surface area contributed by atoms with Crippen molar-refractivity contribution in [3.8, 4) is 5.75 Å². The maximum Gasteiger partial charge on any atom is 0.129 e. The van der Waals surface area contributed by atoms with E-state index in [4.69, 9.17) is 16.6 Å². The summed E-state index contributed by atoms with van der Waals surface area (Å²) >= 11 is 6.17. The molecule has 4 rings (SSSR count). The summed E-state index contributed by atoms with van der Waals surface area (Å²) in [6.45, 7) is 2.11. The topological polar surface area (TPSA) is 44.6 Å². The number of aliphatic imine (C=N–C) groups is 1. The summed E-state index contributed by atoms with van der Waals surface area (Å²) in [4.78, 5) is 4.82. The Morgan fingerprint density at radius 2 is 1.83 bits per heavy atom. The van der Waals surface area contributed by atoms with E-state index in [0.29, 0.717) is 22.6 Å². The largest absolute Gasteiger partial charge is 0.508 e. The van der Waals surface area contributed by atoms with Gasteiger partial charge in [-0.25, -0.2) is 4.39 Å². The summed E-state index contributed by atoms with van der Waals surface area (Å²) in [5.41, 5.74) is 4.26. The Hall–Kier alpha value is -2.69. The molecule has 0 radical (unpaired) electrons. The number of aromatic hydroxyl groups is 1. The predicted octanol–water partition coefficient (Wildman–Crippen LogP) is 5.97. The molecule has 148 valence electrons. The first-order chi connectivity index (χ1) is 14.0. The van der Waals surface area contributed by atoms with Crippen LogP contribution < -0.4 is 5.32 Å². The Balaban J connectivity index is 1.77. The van der Waals surface area contributed by atoms with Crippen LogP contribution in [-0.2, 0) is 6.42 Å². The number of rotatable bonds is 4. The van der Waals surface area contributed by atoms with Crippen LogP contribution in [0.4, 0.5) is 4.39 Å². The standard InChI is InChI=1S/C24H22ClFN2O/c1-2-15-7-9-16(10-8-15)21-14-22(19-13-17(25)11-12-23(19)29)28-24(27-21)18-5-3-4-6-20(18)26/h3-13,22,24,28-29H,2,14H2,1H3. The highest BCUT2D eigenvalue weighted by atomic mass is 35.5. The number of nitrogens with one attached hydrogen (secondary N) is 1. The fraction of sp³-hybridized carbons (Fsp3) is 0.208. The number of hydrogen-bond acceptors (Lipinski definition) is 3. The minimum Gasteiger partial charge on any atom is -0.508 e. The Bertz CT molecular complexity index is 1050. The van der Waals surface area contributed by atoms with Crippen molar-refractivity contribution >= 4 is 17.3 Å². The van der Waals surface area contributed by atoms with Gasteiger partial charge in [0.1, 0.15) is 17.7 Å². The van der Waals surface area contributed by atoms with Crippen molar-refractivity contribution in [3.05, 3.63) is 99.8 Å². The molecule has 2 atom stereocenters. The van der Waals surface area contributed by atoms with E-state index < -0.39 is 6.17 Å². The number of halogens is 2. The van der Waals surface area contributed by atoms with E-state index in [1.54, 1.807) is 36.4 Å². The van der Waals surface area contributed by atoms with Crippen molar-refractivity contribution in [3.63, 3.8) is 0 Å². The van der Waals surface area contributed by atoms with Crippen LogP contribution in [0.25, 0.3) is 0 Å². The van der Waals surface area contributed by atoms with Crippen LogP contribution >= 0.6 is 11.6 Å². The average molecular weight is 409 g/mol. The molecule has 0 saturated carbocycles. The molecule has 1 aliphatic heterocycles. The van der Waals surface area contributed by atoms with Gasteiger partial charge in [0.15, 0.2) is 0 Å². The molecule has 0 amide bonds. The molecular weight excluding hydrogens is 387 g/mol. The first-order valence-electron chi connectivity index (χ1n) is 9.70. The molecule has 29 heavy (non-hydrogen) atoms. The molecule has 0 aliphatic carbocycles. The Kier molecular flexibility index (Phi) is 5.65. The van der Waals surface area contributed by atoms with Crippen LogP contribution in [0, 0.1) is 5.82 Å². The van der Waals surface area contributed by atoms with E-state index in [2.05, 4.69) is 36.5 Å². The van der Waals surface area contributed by atoms with Crippen LogP contribution in [0.15, 0.2) is 71.7 Å². The highest BCUT2D eigenvalue weighted by molar-refractivity contribution is 6.30. The van der Waals surface area contributed by atoms with Crippen LogP contribution in [0.3, 0.4) is 0 Å². The van der Waals surface area contributed by atoms with E-state index in [1.165, 1.54) is 11.6 Å². The smallest absolute Gasteiger partial charge is 0.129 e. The maximum atomic E-state index is 14.5. The van der Waals surface area contributed by atoms with Gasteiger partial charge in [0.05, 0.1) is 0 Å². The molecule has 0 fully saturated rings. The van der Waals surface area contributed by atoms with Gasteiger partial charge in [0.25, 0.3) is 0 Å².